The van der Waals surface area contributed by atoms with Crippen LogP contribution in [0, 0.1) is 0 Å². The highest BCUT2D eigenvalue weighted by atomic mass is 16.5. The summed E-state index contributed by atoms with van der Waals surface area (Å²) in [5.74, 6) is 1.17. The minimum Gasteiger partial charge on any atom is -0.376 e. The third-order valence-corrected chi connectivity index (χ3v) is 5.13. The molecule has 0 saturated carbocycles. The smallest absolute Gasteiger partial charge is 0.320 e. The van der Waals surface area contributed by atoms with Crippen molar-refractivity contribution >= 4 is 6.03 Å². The second-order valence-electron chi connectivity index (χ2n) is 7.00. The van der Waals surface area contributed by atoms with Crippen LogP contribution in [0.5, 0.6) is 0 Å². The molecule has 1 aromatic heterocycles. The summed E-state index contributed by atoms with van der Waals surface area (Å²) in [6.45, 7) is 7.23. The van der Waals surface area contributed by atoms with Crippen LogP contribution in [-0.2, 0) is 17.8 Å². The summed E-state index contributed by atoms with van der Waals surface area (Å²) in [5, 5.41) is 4.10. The Kier molecular flexibility index (Phi) is 7.42. The molecule has 1 fully saturated rings. The highest BCUT2D eigenvalue weighted by Gasteiger charge is 2.33. The number of rotatable bonds is 8. The van der Waals surface area contributed by atoms with Crippen molar-refractivity contribution in [2.75, 3.05) is 26.2 Å². The first kappa shape index (κ1) is 20.3. The lowest BCUT2D eigenvalue weighted by Crippen LogP contribution is -2.46. The summed E-state index contributed by atoms with van der Waals surface area (Å²) in [4.78, 5) is 21.1. The van der Waals surface area contributed by atoms with Crippen molar-refractivity contribution in [3.8, 4) is 0 Å². The van der Waals surface area contributed by atoms with Gasteiger partial charge >= 0.3 is 6.03 Å². The Labute approximate surface area is 166 Å². The molecule has 0 spiro atoms. The number of likely N-dealkylation sites (tertiary alicyclic amines) is 1. The molecule has 1 aliphatic rings. The van der Waals surface area contributed by atoms with Crippen LogP contribution in [0.2, 0.25) is 0 Å². The third-order valence-electron chi connectivity index (χ3n) is 5.13. The Bertz CT molecular complexity index is 730. The number of hydrogen-bond acceptors (Lipinski definition) is 5. The van der Waals surface area contributed by atoms with E-state index in [4.69, 9.17) is 9.26 Å². The maximum absolute atomic E-state index is 12.8. The number of ether oxygens (including phenoxy) is 1. The number of amides is 2. The molecule has 1 unspecified atom stereocenters. The zero-order valence-electron chi connectivity index (χ0n) is 16.8. The van der Waals surface area contributed by atoms with Crippen LogP contribution in [-0.4, -0.2) is 52.2 Å². The standard InChI is InChI=1S/C21H30N4O3/c1-3-24(4-2)21(26)25-14-9-8-12-18(25)20-22-19(23-28-20)13-15-27-16-17-10-6-5-7-11-17/h5-7,10-11,18H,3-4,8-9,12-16H2,1-2H3. The lowest BCUT2D eigenvalue weighted by atomic mass is 10.0. The molecule has 1 saturated heterocycles. The normalized spacial score (nSPS) is 16.9. The zero-order chi connectivity index (χ0) is 19.8. The van der Waals surface area contributed by atoms with Gasteiger partial charge in [-0.05, 0) is 38.7 Å². The quantitative estimate of drug-likeness (QED) is 0.645. The zero-order valence-corrected chi connectivity index (χ0v) is 16.8. The van der Waals surface area contributed by atoms with E-state index in [-0.39, 0.29) is 12.1 Å². The number of carbonyl (C=O) groups excluding carboxylic acids is 1. The van der Waals surface area contributed by atoms with Crippen molar-refractivity contribution in [3.05, 3.63) is 47.6 Å². The second kappa shape index (κ2) is 10.2. The van der Waals surface area contributed by atoms with Crippen LogP contribution in [0.3, 0.4) is 0 Å². The van der Waals surface area contributed by atoms with Gasteiger partial charge in [-0.25, -0.2) is 4.79 Å². The molecule has 1 atom stereocenters. The number of urea groups is 1. The predicted molar refractivity (Wildman–Crippen MR) is 106 cm³/mol. The summed E-state index contributed by atoms with van der Waals surface area (Å²) >= 11 is 0. The number of nitrogens with zero attached hydrogens (tertiary/aromatic N) is 4. The number of hydrogen-bond donors (Lipinski definition) is 0. The molecule has 1 aromatic carbocycles. The van der Waals surface area contributed by atoms with Crippen molar-refractivity contribution in [3.63, 3.8) is 0 Å². The number of aromatic nitrogens is 2. The molecule has 2 aromatic rings. The first-order chi connectivity index (χ1) is 13.7. The lowest BCUT2D eigenvalue weighted by Gasteiger charge is -2.36. The Morgan fingerprint density at radius 3 is 2.79 bits per heavy atom. The van der Waals surface area contributed by atoms with Crippen LogP contribution in [0.25, 0.3) is 0 Å². The second-order valence-corrected chi connectivity index (χ2v) is 7.00. The van der Waals surface area contributed by atoms with Crippen LogP contribution < -0.4 is 0 Å². The first-order valence-corrected chi connectivity index (χ1v) is 10.2. The molecule has 7 nitrogen and oxygen atoms in total. The van der Waals surface area contributed by atoms with Gasteiger partial charge < -0.3 is 19.1 Å². The summed E-state index contributed by atoms with van der Waals surface area (Å²) in [6.07, 6.45) is 3.52. The van der Waals surface area contributed by atoms with Gasteiger partial charge in [0.2, 0.25) is 5.89 Å². The highest BCUT2D eigenvalue weighted by Crippen LogP contribution is 2.30. The van der Waals surface area contributed by atoms with Crippen LogP contribution in [0.4, 0.5) is 4.79 Å². The lowest BCUT2D eigenvalue weighted by molar-refractivity contribution is 0.104. The molecule has 152 valence electrons. The fourth-order valence-electron chi connectivity index (χ4n) is 3.53. The molecule has 2 heterocycles. The van der Waals surface area contributed by atoms with Gasteiger partial charge in [0.15, 0.2) is 5.82 Å². The average Bonchev–Trinajstić information content (AvgIpc) is 3.21. The molecular weight excluding hydrogens is 356 g/mol. The van der Waals surface area contributed by atoms with Crippen molar-refractivity contribution in [2.45, 2.75) is 52.2 Å². The Morgan fingerprint density at radius 2 is 2.04 bits per heavy atom. The molecule has 0 bridgehead atoms. The molecule has 28 heavy (non-hydrogen) atoms. The van der Waals surface area contributed by atoms with E-state index >= 15 is 0 Å². The van der Waals surface area contributed by atoms with Crippen molar-refractivity contribution in [2.24, 2.45) is 0 Å². The number of benzene rings is 1. The molecule has 2 amide bonds. The minimum absolute atomic E-state index is 0.0562. The van der Waals surface area contributed by atoms with Gasteiger partial charge in [0, 0.05) is 26.1 Å². The summed E-state index contributed by atoms with van der Waals surface area (Å²) < 4.78 is 11.2. The van der Waals surface area contributed by atoms with Crippen molar-refractivity contribution < 1.29 is 14.1 Å². The maximum Gasteiger partial charge on any atom is 0.320 e. The molecule has 3 rings (SSSR count). The van der Waals surface area contributed by atoms with Crippen LogP contribution in [0.1, 0.15) is 56.4 Å². The van der Waals surface area contributed by atoms with Gasteiger partial charge in [-0.2, -0.15) is 4.98 Å². The molecular formula is C21H30N4O3. The van der Waals surface area contributed by atoms with E-state index in [1.54, 1.807) is 0 Å². The third kappa shape index (κ3) is 5.10. The Balaban J connectivity index is 1.55. The number of piperidine rings is 1. The minimum atomic E-state index is -0.131. The maximum atomic E-state index is 12.8. The monoisotopic (exact) mass is 386 g/mol. The van der Waals surface area contributed by atoms with Crippen molar-refractivity contribution in [1.29, 1.82) is 0 Å². The first-order valence-electron chi connectivity index (χ1n) is 10.2. The fourth-order valence-corrected chi connectivity index (χ4v) is 3.53. The summed E-state index contributed by atoms with van der Waals surface area (Å²) in [5.41, 5.74) is 1.14. The predicted octanol–water partition coefficient (Wildman–Crippen LogP) is 3.82. The van der Waals surface area contributed by atoms with Gasteiger partial charge in [0.25, 0.3) is 0 Å². The SMILES string of the molecule is CCN(CC)C(=O)N1CCCCC1c1nc(CCOCc2ccccc2)no1. The van der Waals surface area contributed by atoms with E-state index in [1.165, 1.54) is 0 Å². The van der Waals surface area contributed by atoms with E-state index in [1.807, 2.05) is 54.0 Å². The Morgan fingerprint density at radius 1 is 1.25 bits per heavy atom. The van der Waals surface area contributed by atoms with Gasteiger partial charge in [-0.1, -0.05) is 35.5 Å². The molecule has 0 aliphatic carbocycles. The van der Waals surface area contributed by atoms with E-state index < -0.39 is 0 Å². The van der Waals surface area contributed by atoms with Crippen molar-refractivity contribution in [1.82, 2.24) is 19.9 Å². The topological polar surface area (TPSA) is 71.7 Å². The molecule has 1 aliphatic heterocycles. The largest absolute Gasteiger partial charge is 0.376 e. The fraction of sp³-hybridized carbons (Fsp3) is 0.571. The van der Waals surface area contributed by atoms with Gasteiger partial charge in [-0.15, -0.1) is 0 Å². The van der Waals surface area contributed by atoms with Gasteiger partial charge in [0.05, 0.1) is 13.2 Å². The van der Waals surface area contributed by atoms with Crippen LogP contribution >= 0.6 is 0 Å². The summed E-state index contributed by atoms with van der Waals surface area (Å²) in [6, 6.07) is 9.99. The Hall–Kier alpha value is -2.41. The molecule has 0 radical (unpaired) electrons. The van der Waals surface area contributed by atoms with E-state index in [9.17, 15) is 4.79 Å². The summed E-state index contributed by atoms with van der Waals surface area (Å²) in [7, 11) is 0. The van der Waals surface area contributed by atoms with Crippen LogP contribution in [0.15, 0.2) is 34.9 Å². The van der Waals surface area contributed by atoms with E-state index in [0.717, 1.165) is 31.4 Å². The van der Waals surface area contributed by atoms with E-state index in [0.29, 0.717) is 44.4 Å². The van der Waals surface area contributed by atoms with Gasteiger partial charge in [0.1, 0.15) is 6.04 Å². The van der Waals surface area contributed by atoms with E-state index in [2.05, 4.69) is 10.1 Å². The number of carbonyl (C=O) groups is 1. The van der Waals surface area contributed by atoms with Gasteiger partial charge in [-0.3, -0.25) is 0 Å². The molecule has 0 N–H and O–H groups in total. The average molecular weight is 386 g/mol. The molecule has 7 heteroatoms. The highest BCUT2D eigenvalue weighted by molar-refractivity contribution is 5.75.